The monoisotopic (exact) mass is 308 g/mol. The van der Waals surface area contributed by atoms with Gasteiger partial charge in [-0.05, 0) is 42.0 Å². The maximum Gasteiger partial charge on any atom is 0.279 e. The predicted octanol–water partition coefficient (Wildman–Crippen LogP) is 3.25. The lowest BCUT2D eigenvalue weighted by atomic mass is 9.97. The first kappa shape index (κ1) is 13.0. The third-order valence-electron chi connectivity index (χ3n) is 3.68. The molecule has 0 radical (unpaired) electrons. The maximum atomic E-state index is 12.7. The van der Waals surface area contributed by atoms with Gasteiger partial charge in [0.1, 0.15) is 5.69 Å². The number of aromatic nitrogens is 2. The lowest BCUT2D eigenvalue weighted by Gasteiger charge is -2.13. The second-order valence-corrected chi connectivity index (χ2v) is 5.45. The second kappa shape index (κ2) is 4.64. The molecule has 1 aliphatic carbocycles. The van der Waals surface area contributed by atoms with Gasteiger partial charge in [-0.25, -0.2) is 0 Å². The van der Waals surface area contributed by atoms with Crippen LogP contribution in [0.25, 0.3) is 22.5 Å². The minimum Gasteiger partial charge on any atom is -0.287 e. The first-order valence-corrected chi connectivity index (χ1v) is 7.07. The van der Waals surface area contributed by atoms with Crippen LogP contribution in [0.15, 0.2) is 53.3 Å². The maximum absolute atomic E-state index is 12.7. The first-order valence-electron chi connectivity index (χ1n) is 6.69. The molecule has 0 bridgehead atoms. The van der Waals surface area contributed by atoms with Crippen LogP contribution < -0.4 is 5.56 Å². The number of ketones is 1. The highest BCUT2D eigenvalue weighted by atomic mass is 35.5. The molecule has 0 unspecified atom stereocenters. The van der Waals surface area contributed by atoms with Crippen molar-refractivity contribution in [2.24, 2.45) is 0 Å². The normalized spacial score (nSPS) is 12.9. The van der Waals surface area contributed by atoms with Crippen molar-refractivity contribution in [3.05, 3.63) is 75.2 Å². The van der Waals surface area contributed by atoms with E-state index >= 15 is 0 Å². The highest BCUT2D eigenvalue weighted by Gasteiger charge is 2.20. The fourth-order valence-corrected chi connectivity index (χ4v) is 2.76. The van der Waals surface area contributed by atoms with E-state index < -0.39 is 0 Å². The summed E-state index contributed by atoms with van der Waals surface area (Å²) in [6.45, 7) is 0. The van der Waals surface area contributed by atoms with Gasteiger partial charge in [0.15, 0.2) is 0 Å². The van der Waals surface area contributed by atoms with Crippen LogP contribution in [0.3, 0.4) is 0 Å². The Morgan fingerprint density at radius 2 is 1.73 bits per heavy atom. The first-order chi connectivity index (χ1) is 10.6. The largest absolute Gasteiger partial charge is 0.287 e. The molecule has 1 heterocycles. The highest BCUT2D eigenvalue weighted by Crippen LogP contribution is 2.25. The average molecular weight is 309 g/mol. The van der Waals surface area contributed by atoms with E-state index in [1.165, 1.54) is 10.8 Å². The zero-order valence-corrected chi connectivity index (χ0v) is 12.0. The number of hydrogen-bond donors (Lipinski definition) is 0. The molecule has 1 aliphatic rings. The van der Waals surface area contributed by atoms with Gasteiger partial charge < -0.3 is 0 Å². The van der Waals surface area contributed by atoms with E-state index in [2.05, 4.69) is 5.10 Å². The summed E-state index contributed by atoms with van der Waals surface area (Å²) in [7, 11) is 0. The van der Waals surface area contributed by atoms with E-state index in [9.17, 15) is 9.59 Å². The second-order valence-electron chi connectivity index (χ2n) is 5.01. The van der Waals surface area contributed by atoms with E-state index in [4.69, 9.17) is 11.6 Å². The number of rotatable bonds is 1. The lowest BCUT2D eigenvalue weighted by Crippen LogP contribution is -2.25. The predicted molar refractivity (Wildman–Crippen MR) is 85.7 cm³/mol. The summed E-state index contributed by atoms with van der Waals surface area (Å²) in [4.78, 5) is 24.8. The van der Waals surface area contributed by atoms with Gasteiger partial charge in [-0.15, -0.1) is 0 Å². The smallest absolute Gasteiger partial charge is 0.279 e. The molecule has 3 aromatic rings. The topological polar surface area (TPSA) is 52.0 Å². The molecule has 0 aliphatic heterocycles. The number of benzene rings is 2. The minimum absolute atomic E-state index is 0.202. The molecule has 0 saturated carbocycles. The average Bonchev–Trinajstić information content (AvgIpc) is 2.54. The van der Waals surface area contributed by atoms with Crippen LogP contribution in [0.2, 0.25) is 5.02 Å². The molecule has 4 rings (SSSR count). The van der Waals surface area contributed by atoms with Crippen LogP contribution in [0.4, 0.5) is 0 Å². The molecule has 1 aromatic heterocycles. The van der Waals surface area contributed by atoms with Crippen LogP contribution in [0.5, 0.6) is 0 Å². The van der Waals surface area contributed by atoms with E-state index in [0.29, 0.717) is 27.2 Å². The fourth-order valence-electron chi connectivity index (χ4n) is 2.64. The van der Waals surface area contributed by atoms with Crippen LogP contribution in [-0.2, 0) is 0 Å². The third kappa shape index (κ3) is 1.81. The Morgan fingerprint density at radius 1 is 0.955 bits per heavy atom. The quantitative estimate of drug-likeness (QED) is 0.693. The molecule has 22 heavy (non-hydrogen) atoms. The molecule has 0 amide bonds. The van der Waals surface area contributed by atoms with Crippen LogP contribution in [0.1, 0.15) is 16.1 Å². The van der Waals surface area contributed by atoms with E-state index in [1.807, 2.05) is 6.07 Å². The van der Waals surface area contributed by atoms with Crippen molar-refractivity contribution >= 4 is 34.2 Å². The molecular weight excluding hydrogens is 300 g/mol. The number of carbonyl (C=O) groups is 1. The van der Waals surface area contributed by atoms with E-state index in [0.717, 1.165) is 5.56 Å². The van der Waals surface area contributed by atoms with Gasteiger partial charge in [0, 0.05) is 10.4 Å². The van der Waals surface area contributed by atoms with Crippen molar-refractivity contribution in [3.63, 3.8) is 0 Å². The number of nitrogens with zero attached hydrogens (tertiary/aromatic N) is 2. The molecule has 0 spiro atoms. The Kier molecular flexibility index (Phi) is 2.74. The van der Waals surface area contributed by atoms with Gasteiger partial charge in [-0.2, -0.15) is 9.78 Å². The summed E-state index contributed by atoms with van der Waals surface area (Å²) < 4.78 is 1.24. The van der Waals surface area contributed by atoms with E-state index in [1.54, 1.807) is 42.5 Å². The van der Waals surface area contributed by atoms with Gasteiger partial charge >= 0.3 is 0 Å². The molecule has 0 fully saturated rings. The lowest BCUT2D eigenvalue weighted by molar-refractivity contribution is 0.104. The standard InChI is InChI=1S/C17H9ClN2O2/c18-11-5-7-12(8-6-11)20-17(22)13-3-1-2-10-4-9-14(21)16(19-20)15(10)13/h1-9H. The Morgan fingerprint density at radius 3 is 2.50 bits per heavy atom. The van der Waals surface area contributed by atoms with Gasteiger partial charge in [0.05, 0.1) is 11.1 Å². The van der Waals surface area contributed by atoms with Gasteiger partial charge in [-0.3, -0.25) is 9.59 Å². The molecule has 4 nitrogen and oxygen atoms in total. The summed E-state index contributed by atoms with van der Waals surface area (Å²) >= 11 is 5.87. The Hall–Kier alpha value is -2.72. The summed E-state index contributed by atoms with van der Waals surface area (Å²) in [6.07, 6.45) is 3.19. The number of hydrogen-bond acceptors (Lipinski definition) is 3. The fraction of sp³-hybridized carbons (Fsp3) is 0. The summed E-state index contributed by atoms with van der Waals surface area (Å²) in [5.41, 5.74) is 1.44. The summed E-state index contributed by atoms with van der Waals surface area (Å²) in [5.74, 6) is -0.202. The molecule has 0 saturated heterocycles. The Labute approximate surface area is 130 Å². The van der Waals surface area contributed by atoms with Crippen LogP contribution in [0, 0.1) is 0 Å². The van der Waals surface area contributed by atoms with Gasteiger partial charge in [0.25, 0.3) is 5.56 Å². The SMILES string of the molecule is O=C1C=Cc2cccc3c(=O)n(-c4ccc(Cl)cc4)nc1c23. The van der Waals surface area contributed by atoms with Crippen LogP contribution >= 0.6 is 11.6 Å². The number of halogens is 1. The molecule has 0 atom stereocenters. The number of allylic oxidation sites excluding steroid dienone is 1. The number of carbonyl (C=O) groups excluding carboxylic acids is 1. The van der Waals surface area contributed by atoms with Crippen molar-refractivity contribution < 1.29 is 4.79 Å². The van der Waals surface area contributed by atoms with Crippen LogP contribution in [-0.4, -0.2) is 15.6 Å². The van der Waals surface area contributed by atoms with E-state index in [-0.39, 0.29) is 11.3 Å². The van der Waals surface area contributed by atoms with Gasteiger partial charge in [0.2, 0.25) is 5.78 Å². The van der Waals surface area contributed by atoms with Crippen molar-refractivity contribution in [2.45, 2.75) is 0 Å². The molecule has 0 N–H and O–H groups in total. The zero-order chi connectivity index (χ0) is 15.3. The summed E-state index contributed by atoms with van der Waals surface area (Å²) in [5, 5.41) is 5.94. The van der Waals surface area contributed by atoms with Crippen molar-refractivity contribution in [2.75, 3.05) is 0 Å². The molecular formula is C17H9ClN2O2. The molecule has 2 aromatic carbocycles. The van der Waals surface area contributed by atoms with Crippen molar-refractivity contribution in [1.82, 2.24) is 9.78 Å². The zero-order valence-electron chi connectivity index (χ0n) is 11.3. The van der Waals surface area contributed by atoms with Crippen molar-refractivity contribution in [3.8, 4) is 5.69 Å². The minimum atomic E-state index is -0.258. The Balaban J connectivity index is 2.12. The summed E-state index contributed by atoms with van der Waals surface area (Å²) in [6, 6.07) is 12.1. The van der Waals surface area contributed by atoms with Crippen molar-refractivity contribution in [1.29, 1.82) is 0 Å². The van der Waals surface area contributed by atoms with Gasteiger partial charge in [-0.1, -0.05) is 29.8 Å². The molecule has 106 valence electrons. The molecule has 5 heteroatoms. The highest BCUT2D eigenvalue weighted by molar-refractivity contribution is 6.30. The third-order valence-corrected chi connectivity index (χ3v) is 3.93. The Bertz CT molecular complexity index is 1020.